The van der Waals surface area contributed by atoms with Crippen LogP contribution in [-0.4, -0.2) is 61.6 Å². The van der Waals surface area contributed by atoms with Crippen molar-refractivity contribution < 1.29 is 9.47 Å². The first kappa shape index (κ1) is 27.4. The zero-order valence-electron chi connectivity index (χ0n) is 21.1. The monoisotopic (exact) mass is 569 g/mol. The van der Waals surface area contributed by atoms with Crippen molar-refractivity contribution in [2.45, 2.75) is 51.5 Å². The number of aryl methyl sites for hydroxylation is 2. The van der Waals surface area contributed by atoms with Gasteiger partial charge in [0.1, 0.15) is 5.75 Å². The number of ether oxygens (including phenoxy) is 2. The molecule has 2 aromatic rings. The molecule has 0 atom stereocenters. The largest absolute Gasteiger partial charge is 0.496 e. The number of methoxy groups -OCH3 is 1. The van der Waals surface area contributed by atoms with Gasteiger partial charge in [-0.05, 0) is 31.7 Å². The number of aromatic nitrogens is 2. The van der Waals surface area contributed by atoms with Crippen LogP contribution in [0.4, 0.5) is 0 Å². The van der Waals surface area contributed by atoms with E-state index in [2.05, 4.69) is 72.5 Å². The number of hydrogen-bond acceptors (Lipinski definition) is 4. The number of nitrogens with zero attached hydrogens (tertiary/aromatic N) is 4. The van der Waals surface area contributed by atoms with Crippen LogP contribution in [0.1, 0.15) is 55.0 Å². The molecule has 1 fully saturated rings. The SMILES string of the molecule is CN=C(NCC1(c2cc(C)ccc2OC)CCOCC1)N(C)Cc1cn(C)nc1C(C)C.I. The highest BCUT2D eigenvalue weighted by Crippen LogP contribution is 2.40. The number of rotatable bonds is 7. The Labute approximate surface area is 216 Å². The van der Waals surface area contributed by atoms with Crippen molar-refractivity contribution in [2.24, 2.45) is 12.0 Å². The molecule has 1 aliphatic rings. The summed E-state index contributed by atoms with van der Waals surface area (Å²) in [5, 5.41) is 8.31. The summed E-state index contributed by atoms with van der Waals surface area (Å²) in [4.78, 5) is 6.75. The first-order valence-electron chi connectivity index (χ1n) is 11.5. The fourth-order valence-electron chi connectivity index (χ4n) is 4.67. The molecule has 1 aromatic carbocycles. The predicted octanol–water partition coefficient (Wildman–Crippen LogP) is 4.23. The minimum Gasteiger partial charge on any atom is -0.496 e. The third-order valence-corrected chi connectivity index (χ3v) is 6.43. The summed E-state index contributed by atoms with van der Waals surface area (Å²) < 4.78 is 13.4. The van der Waals surface area contributed by atoms with Crippen LogP contribution in [0, 0.1) is 6.92 Å². The van der Waals surface area contributed by atoms with Crippen LogP contribution in [0.25, 0.3) is 0 Å². The second-order valence-corrected chi connectivity index (χ2v) is 9.22. The van der Waals surface area contributed by atoms with Crippen LogP contribution in [0.2, 0.25) is 0 Å². The molecule has 1 N–H and O–H groups in total. The lowest BCUT2D eigenvalue weighted by Crippen LogP contribution is -2.48. The van der Waals surface area contributed by atoms with E-state index in [0.29, 0.717) is 5.92 Å². The van der Waals surface area contributed by atoms with Crippen molar-refractivity contribution in [1.82, 2.24) is 20.0 Å². The van der Waals surface area contributed by atoms with Crippen molar-refractivity contribution in [3.63, 3.8) is 0 Å². The molecule has 0 unspecified atom stereocenters. The average Bonchev–Trinajstić information content (AvgIpc) is 3.15. The van der Waals surface area contributed by atoms with Gasteiger partial charge < -0.3 is 19.7 Å². The topological polar surface area (TPSA) is 63.9 Å². The second kappa shape index (κ2) is 12.1. The van der Waals surface area contributed by atoms with Crippen LogP contribution < -0.4 is 10.1 Å². The molecule has 8 heteroatoms. The Hall–Kier alpha value is -1.81. The summed E-state index contributed by atoms with van der Waals surface area (Å²) >= 11 is 0. The van der Waals surface area contributed by atoms with Gasteiger partial charge >= 0.3 is 0 Å². The zero-order valence-corrected chi connectivity index (χ0v) is 23.5. The Morgan fingerprint density at radius 1 is 1.33 bits per heavy atom. The number of benzene rings is 1. The highest BCUT2D eigenvalue weighted by atomic mass is 127. The fraction of sp³-hybridized carbons (Fsp3) is 0.600. The Morgan fingerprint density at radius 2 is 2.03 bits per heavy atom. The minimum atomic E-state index is -0.0657. The smallest absolute Gasteiger partial charge is 0.193 e. The summed E-state index contributed by atoms with van der Waals surface area (Å²) in [6, 6.07) is 6.46. The Balaban J connectivity index is 0.00000385. The lowest BCUT2D eigenvalue weighted by Gasteiger charge is -2.39. The Kier molecular flexibility index (Phi) is 10.0. The van der Waals surface area contributed by atoms with Crippen LogP contribution in [0.5, 0.6) is 5.75 Å². The van der Waals surface area contributed by atoms with E-state index in [-0.39, 0.29) is 29.4 Å². The van der Waals surface area contributed by atoms with Gasteiger partial charge in [0.15, 0.2) is 5.96 Å². The van der Waals surface area contributed by atoms with E-state index in [9.17, 15) is 0 Å². The van der Waals surface area contributed by atoms with Crippen LogP contribution in [-0.2, 0) is 23.7 Å². The van der Waals surface area contributed by atoms with Crippen molar-refractivity contribution in [1.29, 1.82) is 0 Å². The number of nitrogens with one attached hydrogen (secondary N) is 1. The third kappa shape index (κ3) is 6.41. The summed E-state index contributed by atoms with van der Waals surface area (Å²) in [7, 11) is 7.65. The quantitative estimate of drug-likeness (QED) is 0.307. The maximum Gasteiger partial charge on any atom is 0.193 e. The molecule has 1 aromatic heterocycles. The molecular weight excluding hydrogens is 529 g/mol. The fourth-order valence-corrected chi connectivity index (χ4v) is 4.67. The van der Waals surface area contributed by atoms with Crippen molar-refractivity contribution in [2.75, 3.05) is 41.0 Å². The van der Waals surface area contributed by atoms with Gasteiger partial charge in [-0.2, -0.15) is 5.10 Å². The van der Waals surface area contributed by atoms with Crippen molar-refractivity contribution >= 4 is 29.9 Å². The third-order valence-electron chi connectivity index (χ3n) is 6.43. The van der Waals surface area contributed by atoms with Crippen LogP contribution in [0.3, 0.4) is 0 Å². The van der Waals surface area contributed by atoms with Gasteiger partial charge in [-0.25, -0.2) is 0 Å². The molecule has 7 nitrogen and oxygen atoms in total. The first-order chi connectivity index (χ1) is 15.3. The first-order valence-corrected chi connectivity index (χ1v) is 11.5. The van der Waals surface area contributed by atoms with Crippen molar-refractivity contribution in [3.05, 3.63) is 46.8 Å². The number of halogens is 1. The molecule has 0 aliphatic carbocycles. The molecule has 33 heavy (non-hydrogen) atoms. The standard InChI is InChI=1S/C25H39N5O2.HI/c1-18(2)23-20(16-30(6)28-23)15-29(5)24(26-4)27-17-25(10-12-32-13-11-25)21-14-19(3)8-9-22(21)31-7;/h8-9,14,16,18H,10-13,15,17H2,1-7H3,(H,26,27);1H. The summed E-state index contributed by atoms with van der Waals surface area (Å²) in [5.74, 6) is 2.20. The van der Waals surface area contributed by atoms with E-state index >= 15 is 0 Å². The van der Waals surface area contributed by atoms with Gasteiger partial charge in [-0.3, -0.25) is 9.67 Å². The highest BCUT2D eigenvalue weighted by Gasteiger charge is 2.37. The molecule has 0 radical (unpaired) electrons. The lowest BCUT2D eigenvalue weighted by atomic mass is 9.73. The van der Waals surface area contributed by atoms with Gasteiger partial charge in [-0.15, -0.1) is 24.0 Å². The molecule has 184 valence electrons. The van der Waals surface area contributed by atoms with E-state index in [0.717, 1.165) is 56.5 Å². The van der Waals surface area contributed by atoms with E-state index in [1.165, 1.54) is 16.7 Å². The summed E-state index contributed by atoms with van der Waals surface area (Å²) in [6.07, 6.45) is 4.00. The van der Waals surface area contributed by atoms with Gasteiger partial charge in [0.05, 0.1) is 12.8 Å². The van der Waals surface area contributed by atoms with Crippen LogP contribution >= 0.6 is 24.0 Å². The predicted molar refractivity (Wildman–Crippen MR) is 145 cm³/mol. The Morgan fingerprint density at radius 3 is 2.64 bits per heavy atom. The molecule has 1 aliphatic heterocycles. The van der Waals surface area contributed by atoms with Gasteiger partial charge in [-0.1, -0.05) is 31.5 Å². The van der Waals surface area contributed by atoms with E-state index in [1.807, 2.05) is 18.8 Å². The average molecular weight is 570 g/mol. The molecule has 1 saturated heterocycles. The number of hydrogen-bond donors (Lipinski definition) is 1. The number of aliphatic imine (C=N–C) groups is 1. The number of guanidine groups is 1. The van der Waals surface area contributed by atoms with Gasteiger partial charge in [0.2, 0.25) is 0 Å². The molecule has 0 bridgehead atoms. The Bertz CT molecular complexity index is 935. The summed E-state index contributed by atoms with van der Waals surface area (Å²) in [6.45, 7) is 9.53. The zero-order chi connectivity index (χ0) is 23.3. The molecule has 0 saturated carbocycles. The highest BCUT2D eigenvalue weighted by molar-refractivity contribution is 14.0. The minimum absolute atomic E-state index is 0. The maximum atomic E-state index is 5.76. The lowest BCUT2D eigenvalue weighted by molar-refractivity contribution is 0.0503. The van der Waals surface area contributed by atoms with E-state index in [4.69, 9.17) is 9.47 Å². The second-order valence-electron chi connectivity index (χ2n) is 9.22. The maximum absolute atomic E-state index is 5.76. The molecule has 0 amide bonds. The van der Waals surface area contributed by atoms with Crippen molar-refractivity contribution in [3.8, 4) is 5.75 Å². The summed E-state index contributed by atoms with van der Waals surface area (Å²) in [5.41, 5.74) is 4.80. The van der Waals surface area contributed by atoms with Gasteiger partial charge in [0, 0.05) is 70.2 Å². The molecule has 3 rings (SSSR count). The normalized spacial score (nSPS) is 15.8. The molecule has 0 spiro atoms. The molecule has 2 heterocycles. The van der Waals surface area contributed by atoms with Crippen LogP contribution in [0.15, 0.2) is 29.4 Å². The van der Waals surface area contributed by atoms with E-state index < -0.39 is 0 Å². The van der Waals surface area contributed by atoms with E-state index in [1.54, 1.807) is 7.11 Å². The molecular formula is C25H40IN5O2. The van der Waals surface area contributed by atoms with Gasteiger partial charge in [0.25, 0.3) is 0 Å².